The highest BCUT2D eigenvalue weighted by Crippen LogP contribution is 2.11. The van der Waals surface area contributed by atoms with Crippen molar-refractivity contribution in [2.75, 3.05) is 0 Å². The van der Waals surface area contributed by atoms with Gasteiger partial charge in [-0.3, -0.25) is 14.4 Å². The number of carbonyl (C=O) groups is 2. The number of aromatic nitrogens is 1. The second-order valence-corrected chi connectivity index (χ2v) is 8.67. The molecule has 1 heterocycles. The predicted molar refractivity (Wildman–Crippen MR) is 130 cm³/mol. The molecule has 3 rings (SSSR count). The summed E-state index contributed by atoms with van der Waals surface area (Å²) in [4.78, 5) is 37.5. The van der Waals surface area contributed by atoms with E-state index in [4.69, 9.17) is 0 Å². The summed E-state index contributed by atoms with van der Waals surface area (Å²) in [5, 5.41) is 5.85. The molecule has 1 aromatic heterocycles. The van der Waals surface area contributed by atoms with Gasteiger partial charge in [0.2, 0.25) is 5.91 Å². The SMILES string of the molecule is Cc1ccccc1C(=O)NC(CC(C)C)C(=O)NCc1ccc(Cn2ccccc2=O)cc1. The Morgan fingerprint density at radius 3 is 2.24 bits per heavy atom. The Morgan fingerprint density at radius 2 is 1.58 bits per heavy atom. The quantitative estimate of drug-likeness (QED) is 0.527. The monoisotopic (exact) mass is 445 g/mol. The summed E-state index contributed by atoms with van der Waals surface area (Å²) in [7, 11) is 0. The van der Waals surface area contributed by atoms with E-state index in [1.807, 2.05) is 69.3 Å². The first-order valence-corrected chi connectivity index (χ1v) is 11.2. The van der Waals surface area contributed by atoms with E-state index in [-0.39, 0.29) is 23.3 Å². The molecule has 33 heavy (non-hydrogen) atoms. The summed E-state index contributed by atoms with van der Waals surface area (Å²) in [6, 6.07) is 19.6. The maximum Gasteiger partial charge on any atom is 0.252 e. The fraction of sp³-hybridized carbons (Fsp3) is 0.296. The normalized spacial score (nSPS) is 11.8. The zero-order chi connectivity index (χ0) is 23.8. The van der Waals surface area contributed by atoms with Crippen molar-refractivity contribution in [1.29, 1.82) is 0 Å². The van der Waals surface area contributed by atoms with Gasteiger partial charge in [0, 0.05) is 24.4 Å². The Bertz CT molecular complexity index is 1150. The van der Waals surface area contributed by atoms with Gasteiger partial charge in [-0.05, 0) is 48.1 Å². The summed E-state index contributed by atoms with van der Waals surface area (Å²) < 4.78 is 1.64. The fourth-order valence-corrected chi connectivity index (χ4v) is 3.63. The highest BCUT2D eigenvalue weighted by molar-refractivity contribution is 5.98. The molecule has 0 aliphatic carbocycles. The first kappa shape index (κ1) is 24.0. The highest BCUT2D eigenvalue weighted by atomic mass is 16.2. The molecule has 0 aliphatic heterocycles. The molecule has 0 spiro atoms. The first-order valence-electron chi connectivity index (χ1n) is 11.2. The third kappa shape index (κ3) is 6.91. The van der Waals surface area contributed by atoms with Crippen molar-refractivity contribution in [3.05, 3.63) is 106 Å². The summed E-state index contributed by atoms with van der Waals surface area (Å²) in [6.07, 6.45) is 2.31. The largest absolute Gasteiger partial charge is 0.350 e. The molecule has 1 atom stereocenters. The van der Waals surface area contributed by atoms with Gasteiger partial charge in [0.25, 0.3) is 11.5 Å². The van der Waals surface area contributed by atoms with Crippen molar-refractivity contribution >= 4 is 11.8 Å². The summed E-state index contributed by atoms with van der Waals surface area (Å²) in [6.45, 7) is 6.78. The van der Waals surface area contributed by atoms with E-state index in [1.165, 1.54) is 6.07 Å². The third-order valence-electron chi connectivity index (χ3n) is 5.46. The van der Waals surface area contributed by atoms with Crippen LogP contribution in [0.1, 0.15) is 47.3 Å². The molecule has 6 heteroatoms. The maximum absolute atomic E-state index is 12.9. The summed E-state index contributed by atoms with van der Waals surface area (Å²) >= 11 is 0. The molecular formula is C27H31N3O3. The van der Waals surface area contributed by atoms with Gasteiger partial charge in [-0.1, -0.05) is 62.4 Å². The Morgan fingerprint density at radius 1 is 0.909 bits per heavy atom. The summed E-state index contributed by atoms with van der Waals surface area (Å²) in [5.41, 5.74) is 3.35. The minimum Gasteiger partial charge on any atom is -0.350 e. The van der Waals surface area contributed by atoms with Crippen LogP contribution in [0.4, 0.5) is 0 Å². The lowest BCUT2D eigenvalue weighted by Crippen LogP contribution is -2.47. The van der Waals surface area contributed by atoms with Crippen LogP contribution in [-0.4, -0.2) is 22.4 Å². The first-order chi connectivity index (χ1) is 15.8. The molecular weight excluding hydrogens is 414 g/mol. The van der Waals surface area contributed by atoms with Crippen molar-refractivity contribution in [3.63, 3.8) is 0 Å². The molecule has 0 aliphatic rings. The second kappa shape index (κ2) is 11.3. The van der Waals surface area contributed by atoms with Gasteiger partial charge in [0.15, 0.2) is 0 Å². The smallest absolute Gasteiger partial charge is 0.252 e. The Labute approximate surface area is 194 Å². The van der Waals surface area contributed by atoms with E-state index >= 15 is 0 Å². The molecule has 0 saturated heterocycles. The average molecular weight is 446 g/mol. The number of aryl methyl sites for hydroxylation is 1. The number of amides is 2. The van der Waals surface area contributed by atoms with Gasteiger partial charge in [0.1, 0.15) is 6.04 Å². The van der Waals surface area contributed by atoms with Crippen LogP contribution in [0, 0.1) is 12.8 Å². The van der Waals surface area contributed by atoms with Gasteiger partial charge in [-0.25, -0.2) is 0 Å². The van der Waals surface area contributed by atoms with Crippen molar-refractivity contribution in [3.8, 4) is 0 Å². The number of rotatable bonds is 9. The van der Waals surface area contributed by atoms with Crippen LogP contribution in [0.3, 0.4) is 0 Å². The number of nitrogens with one attached hydrogen (secondary N) is 2. The molecule has 0 saturated carbocycles. The van der Waals surface area contributed by atoms with Crippen molar-refractivity contribution in [2.45, 2.75) is 46.3 Å². The van der Waals surface area contributed by atoms with E-state index in [0.29, 0.717) is 25.1 Å². The third-order valence-corrected chi connectivity index (χ3v) is 5.46. The number of hydrogen-bond donors (Lipinski definition) is 2. The number of hydrogen-bond acceptors (Lipinski definition) is 3. The van der Waals surface area contributed by atoms with Gasteiger partial charge in [0.05, 0.1) is 6.54 Å². The van der Waals surface area contributed by atoms with E-state index in [1.54, 1.807) is 22.9 Å². The van der Waals surface area contributed by atoms with Gasteiger partial charge < -0.3 is 15.2 Å². The van der Waals surface area contributed by atoms with Crippen molar-refractivity contribution in [2.24, 2.45) is 5.92 Å². The second-order valence-electron chi connectivity index (χ2n) is 8.67. The topological polar surface area (TPSA) is 80.2 Å². The minimum absolute atomic E-state index is 0.0437. The van der Waals surface area contributed by atoms with Crippen LogP contribution in [0.2, 0.25) is 0 Å². The molecule has 1 unspecified atom stereocenters. The fourth-order valence-electron chi connectivity index (χ4n) is 3.63. The Kier molecular flexibility index (Phi) is 8.19. The average Bonchev–Trinajstić information content (AvgIpc) is 2.79. The maximum atomic E-state index is 12.9. The number of benzene rings is 2. The summed E-state index contributed by atoms with van der Waals surface area (Å²) in [5.74, 6) is -0.196. The van der Waals surface area contributed by atoms with E-state index < -0.39 is 6.04 Å². The lowest BCUT2D eigenvalue weighted by molar-refractivity contribution is -0.123. The van der Waals surface area contributed by atoms with Gasteiger partial charge >= 0.3 is 0 Å². The number of nitrogens with zero attached hydrogens (tertiary/aromatic N) is 1. The van der Waals surface area contributed by atoms with E-state index in [2.05, 4.69) is 10.6 Å². The molecule has 0 radical (unpaired) electrons. The molecule has 6 nitrogen and oxygen atoms in total. The van der Waals surface area contributed by atoms with E-state index in [9.17, 15) is 14.4 Å². The molecule has 2 amide bonds. The Balaban J connectivity index is 1.60. The zero-order valence-electron chi connectivity index (χ0n) is 19.4. The molecule has 3 aromatic rings. The predicted octanol–water partition coefficient (Wildman–Crippen LogP) is 3.67. The number of carbonyl (C=O) groups excluding carboxylic acids is 2. The van der Waals surface area contributed by atoms with Crippen LogP contribution in [0.25, 0.3) is 0 Å². The highest BCUT2D eigenvalue weighted by Gasteiger charge is 2.23. The molecule has 0 bridgehead atoms. The van der Waals surface area contributed by atoms with Crippen LogP contribution in [-0.2, 0) is 17.9 Å². The zero-order valence-corrected chi connectivity index (χ0v) is 19.4. The van der Waals surface area contributed by atoms with Crippen molar-refractivity contribution < 1.29 is 9.59 Å². The van der Waals surface area contributed by atoms with Crippen LogP contribution >= 0.6 is 0 Å². The molecule has 2 aromatic carbocycles. The standard InChI is InChI=1S/C27H31N3O3/c1-19(2)16-24(29-26(32)23-9-5-4-8-20(23)3)27(33)28-17-21-11-13-22(14-12-21)18-30-15-7-6-10-25(30)31/h4-15,19,24H,16-18H2,1-3H3,(H,28,33)(H,29,32). The molecule has 0 fully saturated rings. The van der Waals surface area contributed by atoms with Crippen LogP contribution in [0.5, 0.6) is 0 Å². The Hall–Kier alpha value is -3.67. The number of pyridine rings is 1. The minimum atomic E-state index is -0.610. The lowest BCUT2D eigenvalue weighted by Gasteiger charge is -2.21. The molecule has 172 valence electrons. The van der Waals surface area contributed by atoms with Gasteiger partial charge in [-0.2, -0.15) is 0 Å². The van der Waals surface area contributed by atoms with Gasteiger partial charge in [-0.15, -0.1) is 0 Å². The van der Waals surface area contributed by atoms with E-state index in [0.717, 1.165) is 16.7 Å². The van der Waals surface area contributed by atoms with Crippen molar-refractivity contribution in [1.82, 2.24) is 15.2 Å². The van der Waals surface area contributed by atoms with Crippen LogP contribution < -0.4 is 16.2 Å². The lowest BCUT2D eigenvalue weighted by atomic mass is 10.0. The van der Waals surface area contributed by atoms with Crippen LogP contribution in [0.15, 0.2) is 77.7 Å². The molecule has 2 N–H and O–H groups in total.